The Bertz CT molecular complexity index is 1030. The lowest BCUT2D eigenvalue weighted by Crippen LogP contribution is -2.43. The number of anilines is 2. The van der Waals surface area contributed by atoms with E-state index < -0.39 is 4.99 Å². The summed E-state index contributed by atoms with van der Waals surface area (Å²) in [5.74, 6) is 1.47. The highest BCUT2D eigenvalue weighted by Gasteiger charge is 2.46. The summed E-state index contributed by atoms with van der Waals surface area (Å²) in [6.07, 6.45) is 3.91. The van der Waals surface area contributed by atoms with Gasteiger partial charge in [-0.1, -0.05) is 36.4 Å². The number of methoxy groups -OCH3 is 1. The van der Waals surface area contributed by atoms with Crippen LogP contribution in [-0.4, -0.2) is 50.5 Å². The number of aromatic nitrogens is 1. The number of ether oxygens (including phenoxy) is 2. The Balaban J connectivity index is 1.54. The highest BCUT2D eigenvalue weighted by atomic mass is 32.2. The Kier molecular flexibility index (Phi) is 6.77. The first-order chi connectivity index (χ1) is 15.6. The molecule has 3 aromatic rings. The molecule has 6 nitrogen and oxygen atoms in total. The molecular formula is C25H30N4O2S. The molecule has 0 fully saturated rings. The molecule has 1 atom stereocenters. The lowest BCUT2D eigenvalue weighted by molar-refractivity contribution is 0.226. The van der Waals surface area contributed by atoms with Crippen LogP contribution in [-0.2, 0) is 11.5 Å². The zero-order valence-electron chi connectivity index (χ0n) is 19.0. The van der Waals surface area contributed by atoms with E-state index in [1.165, 1.54) is 5.56 Å². The maximum Gasteiger partial charge on any atom is 0.203 e. The van der Waals surface area contributed by atoms with Gasteiger partial charge in [0.05, 0.1) is 18.5 Å². The van der Waals surface area contributed by atoms with Crippen molar-refractivity contribution in [2.24, 2.45) is 0 Å². The Morgan fingerprint density at radius 1 is 1.09 bits per heavy atom. The fraction of sp³-hybridized carbons (Fsp3) is 0.320. The summed E-state index contributed by atoms with van der Waals surface area (Å²) in [4.78, 5) is 8.57. The number of hydrogen-bond donors (Lipinski definition) is 1. The van der Waals surface area contributed by atoms with Gasteiger partial charge in [0.15, 0.2) is 11.5 Å². The Hall–Kier alpha value is -2.90. The molecule has 0 aliphatic carbocycles. The first kappa shape index (κ1) is 22.3. The van der Waals surface area contributed by atoms with Crippen LogP contribution in [0.1, 0.15) is 11.3 Å². The summed E-state index contributed by atoms with van der Waals surface area (Å²) >= 11 is 1.70. The summed E-state index contributed by atoms with van der Waals surface area (Å²) in [7, 11) is 5.85. The monoisotopic (exact) mass is 450 g/mol. The molecule has 32 heavy (non-hydrogen) atoms. The second-order valence-electron chi connectivity index (χ2n) is 7.81. The minimum Gasteiger partial charge on any atom is -0.493 e. The van der Waals surface area contributed by atoms with Gasteiger partial charge in [-0.25, -0.2) is 0 Å². The first-order valence-electron chi connectivity index (χ1n) is 10.6. The number of nitrogens with one attached hydrogen (secondary N) is 1. The number of pyridine rings is 1. The van der Waals surface area contributed by atoms with Crippen LogP contribution in [0.15, 0.2) is 66.9 Å². The van der Waals surface area contributed by atoms with Crippen molar-refractivity contribution < 1.29 is 9.47 Å². The van der Waals surface area contributed by atoms with Crippen molar-refractivity contribution in [2.45, 2.75) is 11.5 Å². The molecule has 0 amide bonds. The van der Waals surface area contributed by atoms with Gasteiger partial charge in [-0.05, 0) is 43.1 Å². The first-order valence-corrected chi connectivity index (χ1v) is 11.9. The van der Waals surface area contributed by atoms with Gasteiger partial charge >= 0.3 is 0 Å². The average molecular weight is 451 g/mol. The van der Waals surface area contributed by atoms with E-state index in [-0.39, 0.29) is 0 Å². The zero-order chi connectivity index (χ0) is 22.6. The molecule has 0 saturated heterocycles. The second kappa shape index (κ2) is 9.71. The molecule has 0 bridgehead atoms. The van der Waals surface area contributed by atoms with Gasteiger partial charge in [-0.15, -0.1) is 11.8 Å². The van der Waals surface area contributed by atoms with Crippen LogP contribution < -0.4 is 19.7 Å². The third-order valence-electron chi connectivity index (χ3n) is 5.75. The van der Waals surface area contributed by atoms with E-state index in [1.54, 1.807) is 18.9 Å². The van der Waals surface area contributed by atoms with Crippen molar-refractivity contribution in [1.82, 2.24) is 9.88 Å². The third kappa shape index (κ3) is 4.23. The second-order valence-corrected chi connectivity index (χ2v) is 8.81. The summed E-state index contributed by atoms with van der Waals surface area (Å²) < 4.78 is 12.0. The summed E-state index contributed by atoms with van der Waals surface area (Å²) in [5, 5.41) is 3.67. The molecule has 1 N–H and O–H groups in total. The van der Waals surface area contributed by atoms with Crippen molar-refractivity contribution in [3.8, 4) is 11.5 Å². The average Bonchev–Trinajstić information content (AvgIpc) is 3.13. The van der Waals surface area contributed by atoms with Gasteiger partial charge in [0.2, 0.25) is 4.99 Å². The van der Waals surface area contributed by atoms with Gasteiger partial charge in [-0.3, -0.25) is 9.88 Å². The van der Waals surface area contributed by atoms with Gasteiger partial charge in [0.1, 0.15) is 12.3 Å². The maximum absolute atomic E-state index is 6.35. The molecule has 1 aliphatic rings. The van der Waals surface area contributed by atoms with E-state index in [9.17, 15) is 0 Å². The quantitative estimate of drug-likeness (QED) is 0.510. The van der Waals surface area contributed by atoms with Crippen molar-refractivity contribution in [2.75, 3.05) is 50.8 Å². The van der Waals surface area contributed by atoms with Gasteiger partial charge in [0, 0.05) is 26.3 Å². The van der Waals surface area contributed by atoms with E-state index in [4.69, 9.17) is 9.47 Å². The van der Waals surface area contributed by atoms with Gasteiger partial charge in [0.25, 0.3) is 0 Å². The molecule has 1 aliphatic heterocycles. The Labute approximate surface area is 194 Å². The summed E-state index contributed by atoms with van der Waals surface area (Å²) in [6, 6.07) is 20.5. The van der Waals surface area contributed by atoms with Crippen LogP contribution in [0.25, 0.3) is 0 Å². The van der Waals surface area contributed by atoms with Crippen LogP contribution in [0.4, 0.5) is 11.4 Å². The van der Waals surface area contributed by atoms with Crippen LogP contribution in [0.5, 0.6) is 11.5 Å². The van der Waals surface area contributed by atoms with Gasteiger partial charge in [-0.2, -0.15) is 0 Å². The predicted octanol–water partition coefficient (Wildman–Crippen LogP) is 4.64. The van der Waals surface area contributed by atoms with Crippen LogP contribution in [0.2, 0.25) is 0 Å². The molecule has 2 heterocycles. The molecule has 0 radical (unpaired) electrons. The number of thioether (sulfide) groups is 1. The summed E-state index contributed by atoms with van der Waals surface area (Å²) in [5.41, 5.74) is 4.21. The minimum atomic E-state index is -0.516. The smallest absolute Gasteiger partial charge is 0.203 e. The van der Waals surface area contributed by atoms with Crippen molar-refractivity contribution in [3.05, 3.63) is 78.1 Å². The van der Waals surface area contributed by atoms with Crippen molar-refractivity contribution in [1.29, 1.82) is 0 Å². The van der Waals surface area contributed by atoms with Gasteiger partial charge < -0.3 is 19.7 Å². The molecule has 168 valence electrons. The lowest BCUT2D eigenvalue weighted by Gasteiger charge is -2.35. The number of benzene rings is 2. The molecule has 4 rings (SSSR count). The van der Waals surface area contributed by atoms with Crippen molar-refractivity contribution in [3.63, 3.8) is 0 Å². The van der Waals surface area contributed by atoms with Crippen LogP contribution >= 0.6 is 11.8 Å². The number of hydrogen-bond acceptors (Lipinski definition) is 7. The predicted molar refractivity (Wildman–Crippen MR) is 133 cm³/mol. The normalized spacial score (nSPS) is 17.2. The van der Waals surface area contributed by atoms with Crippen molar-refractivity contribution >= 4 is 23.1 Å². The standard InChI is InChI=1S/C25H30N4O2S/c1-28(18-19-10-6-5-7-11-19)16-17-31-24-21(30-3)14-13-20-23(24)29(2)25(27-20,32-4)22-12-8-9-15-26-22/h5-15,27H,16-18H2,1-4H3. The molecule has 1 unspecified atom stereocenters. The van der Waals surface area contributed by atoms with E-state index >= 15 is 0 Å². The highest BCUT2D eigenvalue weighted by molar-refractivity contribution is 7.99. The number of fused-ring (bicyclic) bond motifs is 1. The fourth-order valence-corrected chi connectivity index (χ4v) is 4.99. The Morgan fingerprint density at radius 3 is 2.56 bits per heavy atom. The topological polar surface area (TPSA) is 49.9 Å². The molecule has 7 heteroatoms. The largest absolute Gasteiger partial charge is 0.493 e. The lowest BCUT2D eigenvalue weighted by atomic mass is 10.2. The van der Waals surface area contributed by atoms with E-state index in [0.29, 0.717) is 6.61 Å². The minimum absolute atomic E-state index is 0.516. The fourth-order valence-electron chi connectivity index (χ4n) is 4.08. The maximum atomic E-state index is 6.35. The van der Waals surface area contributed by atoms with E-state index in [2.05, 4.69) is 64.7 Å². The number of likely N-dealkylation sites (N-methyl/N-ethyl adjacent to an activating group) is 1. The molecule has 0 saturated carbocycles. The SMILES string of the molecule is COc1ccc2c(c1OCCN(C)Cc1ccccc1)N(C)C(SC)(c1ccccn1)N2. The van der Waals surface area contributed by atoms with Crippen LogP contribution in [0.3, 0.4) is 0 Å². The van der Waals surface area contributed by atoms with E-state index in [0.717, 1.165) is 41.7 Å². The van der Waals surface area contributed by atoms with E-state index in [1.807, 2.05) is 42.6 Å². The Morgan fingerprint density at radius 2 is 1.88 bits per heavy atom. The van der Waals surface area contributed by atoms with Crippen LogP contribution in [0, 0.1) is 0 Å². The summed E-state index contributed by atoms with van der Waals surface area (Å²) in [6.45, 7) is 2.23. The molecular weight excluding hydrogens is 420 g/mol. The zero-order valence-corrected chi connectivity index (χ0v) is 19.9. The number of nitrogens with zero attached hydrogens (tertiary/aromatic N) is 3. The third-order valence-corrected chi connectivity index (χ3v) is 6.93. The molecule has 0 spiro atoms. The molecule has 1 aromatic heterocycles. The highest BCUT2D eigenvalue weighted by Crippen LogP contribution is 2.55. The molecule has 2 aromatic carbocycles. The number of rotatable bonds is 9.